The number of rotatable bonds is 7. The van der Waals surface area contributed by atoms with Crippen molar-refractivity contribution in [3.8, 4) is 24.1 Å². The van der Waals surface area contributed by atoms with E-state index in [1.807, 2.05) is 4.72 Å². The fraction of sp³-hybridized carbons (Fsp3) is 0.250. The van der Waals surface area contributed by atoms with Crippen molar-refractivity contribution in [3.05, 3.63) is 30.1 Å². The van der Waals surface area contributed by atoms with Crippen molar-refractivity contribution in [3.63, 3.8) is 0 Å². The second kappa shape index (κ2) is 8.81. The topological polar surface area (TPSA) is 132 Å². The highest BCUT2D eigenvalue weighted by Crippen LogP contribution is 2.23. The van der Waals surface area contributed by atoms with Crippen LogP contribution in [-0.4, -0.2) is 42.6 Å². The van der Waals surface area contributed by atoms with Crippen LogP contribution in [0, 0.1) is 19.3 Å². The maximum absolute atomic E-state index is 12.5. The highest BCUT2D eigenvalue weighted by molar-refractivity contribution is 7.90. The van der Waals surface area contributed by atoms with Gasteiger partial charge in [-0.2, -0.15) is 15.0 Å². The maximum Gasteiger partial charge on any atom is 0.335 e. The first-order valence-electron chi connectivity index (χ1n) is 7.70. The molecule has 2 amide bonds. The number of nitrogens with one attached hydrogen (secondary N) is 2. The summed E-state index contributed by atoms with van der Waals surface area (Å²) in [5.74, 6) is 2.39. The number of anilines is 1. The SMILES string of the molecule is C#CCOc1ccccc1S(=O)(=O)NC(=O)Nc1nc(C)nc(OCC)n1. The lowest BCUT2D eigenvalue weighted by molar-refractivity contribution is 0.256. The lowest BCUT2D eigenvalue weighted by atomic mass is 10.3. The molecule has 0 fully saturated rings. The second-order valence-corrected chi connectivity index (χ2v) is 6.57. The van der Waals surface area contributed by atoms with Crippen LogP contribution in [-0.2, 0) is 10.0 Å². The van der Waals surface area contributed by atoms with Crippen LogP contribution in [0.5, 0.6) is 11.8 Å². The third-order valence-electron chi connectivity index (χ3n) is 2.90. The van der Waals surface area contributed by atoms with E-state index in [2.05, 4.69) is 26.2 Å². The van der Waals surface area contributed by atoms with Crippen LogP contribution in [0.2, 0.25) is 0 Å². The zero-order chi connectivity index (χ0) is 19.9. The molecule has 142 valence electrons. The second-order valence-electron chi connectivity index (χ2n) is 4.92. The first-order valence-corrected chi connectivity index (χ1v) is 9.18. The van der Waals surface area contributed by atoms with Crippen molar-refractivity contribution < 1.29 is 22.7 Å². The number of hydrogen-bond acceptors (Lipinski definition) is 8. The van der Waals surface area contributed by atoms with Gasteiger partial charge in [0.05, 0.1) is 6.61 Å². The average molecular weight is 391 g/mol. The molecule has 1 heterocycles. The molecular weight excluding hydrogens is 374 g/mol. The van der Waals surface area contributed by atoms with E-state index >= 15 is 0 Å². The maximum atomic E-state index is 12.5. The molecule has 0 aliphatic carbocycles. The van der Waals surface area contributed by atoms with E-state index in [9.17, 15) is 13.2 Å². The number of aromatic nitrogens is 3. The van der Waals surface area contributed by atoms with E-state index in [-0.39, 0.29) is 29.2 Å². The number of nitrogens with zero attached hydrogens (tertiary/aromatic N) is 3. The molecule has 0 saturated carbocycles. The molecule has 0 aliphatic rings. The van der Waals surface area contributed by atoms with Gasteiger partial charge in [0.2, 0.25) is 5.95 Å². The molecule has 27 heavy (non-hydrogen) atoms. The molecule has 1 aromatic heterocycles. The summed E-state index contributed by atoms with van der Waals surface area (Å²) in [6.07, 6.45) is 5.11. The first kappa shape index (κ1) is 19.9. The van der Waals surface area contributed by atoms with Crippen LogP contribution in [0.25, 0.3) is 0 Å². The number of hydrogen-bond donors (Lipinski definition) is 2. The molecule has 0 unspecified atom stereocenters. The van der Waals surface area contributed by atoms with Gasteiger partial charge < -0.3 is 9.47 Å². The summed E-state index contributed by atoms with van der Waals surface area (Å²) in [6, 6.07) is 4.72. The number of ether oxygens (including phenoxy) is 2. The molecule has 0 aliphatic heterocycles. The van der Waals surface area contributed by atoms with Gasteiger partial charge in [0, 0.05) is 0 Å². The summed E-state index contributed by atoms with van der Waals surface area (Å²) in [5, 5.41) is 2.23. The van der Waals surface area contributed by atoms with Gasteiger partial charge in [-0.1, -0.05) is 18.1 Å². The third kappa shape index (κ3) is 5.55. The quantitative estimate of drug-likeness (QED) is 0.671. The number of para-hydroxylation sites is 1. The molecule has 0 spiro atoms. The summed E-state index contributed by atoms with van der Waals surface area (Å²) >= 11 is 0. The van der Waals surface area contributed by atoms with Gasteiger partial charge in [0.1, 0.15) is 23.1 Å². The Kier molecular flexibility index (Phi) is 6.51. The van der Waals surface area contributed by atoms with Crippen molar-refractivity contribution in [1.29, 1.82) is 0 Å². The van der Waals surface area contributed by atoms with Crippen molar-refractivity contribution in [2.75, 3.05) is 18.5 Å². The van der Waals surface area contributed by atoms with E-state index in [0.29, 0.717) is 12.4 Å². The smallest absolute Gasteiger partial charge is 0.335 e. The van der Waals surface area contributed by atoms with Crippen LogP contribution in [0.4, 0.5) is 10.7 Å². The number of carbonyl (C=O) groups excluding carboxylic acids is 1. The van der Waals surface area contributed by atoms with Crippen molar-refractivity contribution in [2.24, 2.45) is 0 Å². The Labute approximate surface area is 156 Å². The van der Waals surface area contributed by atoms with Gasteiger partial charge in [0.25, 0.3) is 10.0 Å². The largest absolute Gasteiger partial charge is 0.480 e. The van der Waals surface area contributed by atoms with Crippen molar-refractivity contribution in [2.45, 2.75) is 18.7 Å². The fourth-order valence-electron chi connectivity index (χ4n) is 1.92. The Balaban J connectivity index is 2.17. The molecule has 2 aromatic rings. The minimum absolute atomic E-state index is 0.0104. The first-order chi connectivity index (χ1) is 12.9. The van der Waals surface area contributed by atoms with Gasteiger partial charge in [-0.25, -0.2) is 17.9 Å². The van der Waals surface area contributed by atoms with Crippen molar-refractivity contribution >= 4 is 22.0 Å². The van der Waals surface area contributed by atoms with E-state index in [0.717, 1.165) is 0 Å². The Morgan fingerprint density at radius 1 is 1.22 bits per heavy atom. The van der Waals surface area contributed by atoms with Gasteiger partial charge in [-0.15, -0.1) is 6.42 Å². The molecule has 2 N–H and O–H groups in total. The predicted molar refractivity (Wildman–Crippen MR) is 95.8 cm³/mol. The van der Waals surface area contributed by atoms with Gasteiger partial charge in [0.15, 0.2) is 0 Å². The van der Waals surface area contributed by atoms with Crippen LogP contribution >= 0.6 is 0 Å². The van der Waals surface area contributed by atoms with Crippen LogP contribution in [0.3, 0.4) is 0 Å². The Hall–Kier alpha value is -3.39. The molecule has 2 rings (SSSR count). The minimum atomic E-state index is -4.23. The van der Waals surface area contributed by atoms with E-state index in [1.165, 1.54) is 18.2 Å². The zero-order valence-electron chi connectivity index (χ0n) is 14.6. The number of benzene rings is 1. The van der Waals surface area contributed by atoms with Gasteiger partial charge in [-0.05, 0) is 26.0 Å². The van der Waals surface area contributed by atoms with Gasteiger partial charge in [-0.3, -0.25) is 5.32 Å². The molecular formula is C16H17N5O5S. The fourth-order valence-corrected chi connectivity index (χ4v) is 2.98. The molecule has 0 atom stereocenters. The standard InChI is InChI=1S/C16H17N5O5S/c1-4-10-26-12-8-6-7-9-13(12)27(23,24)21-15(22)19-14-17-11(3)18-16(20-14)25-5-2/h1,6-9H,5,10H2,2-3H3,(H2,17,18,19,20,21,22). The summed E-state index contributed by atoms with van der Waals surface area (Å²) in [4.78, 5) is 23.5. The highest BCUT2D eigenvalue weighted by Gasteiger charge is 2.22. The summed E-state index contributed by atoms with van der Waals surface area (Å²) in [6.45, 7) is 3.51. The molecule has 0 bridgehead atoms. The van der Waals surface area contributed by atoms with Crippen LogP contribution in [0.15, 0.2) is 29.2 Å². The van der Waals surface area contributed by atoms with E-state index in [1.54, 1.807) is 19.9 Å². The summed E-state index contributed by atoms with van der Waals surface area (Å²) in [5.41, 5.74) is 0. The summed E-state index contributed by atoms with van der Waals surface area (Å²) < 4.78 is 37.1. The third-order valence-corrected chi connectivity index (χ3v) is 4.27. The number of amides is 2. The molecule has 11 heteroatoms. The van der Waals surface area contributed by atoms with E-state index in [4.69, 9.17) is 15.9 Å². The molecule has 1 aromatic carbocycles. The average Bonchev–Trinajstić information content (AvgIpc) is 2.59. The van der Waals surface area contributed by atoms with Crippen LogP contribution < -0.4 is 19.5 Å². The minimum Gasteiger partial charge on any atom is -0.480 e. The normalized spacial score (nSPS) is 10.6. The highest BCUT2D eigenvalue weighted by atomic mass is 32.2. The number of urea groups is 1. The van der Waals surface area contributed by atoms with E-state index < -0.39 is 16.1 Å². The number of terminal acetylenes is 1. The predicted octanol–water partition coefficient (Wildman–Crippen LogP) is 1.10. The zero-order valence-corrected chi connectivity index (χ0v) is 15.4. The number of sulfonamides is 1. The molecule has 10 nitrogen and oxygen atoms in total. The monoisotopic (exact) mass is 391 g/mol. The Bertz CT molecular complexity index is 971. The molecule has 0 radical (unpaired) electrons. The Morgan fingerprint density at radius 2 is 1.96 bits per heavy atom. The lowest BCUT2D eigenvalue weighted by Gasteiger charge is -2.12. The number of aryl methyl sites for hydroxylation is 1. The van der Waals surface area contributed by atoms with Gasteiger partial charge >= 0.3 is 12.0 Å². The van der Waals surface area contributed by atoms with Crippen molar-refractivity contribution in [1.82, 2.24) is 19.7 Å². The Morgan fingerprint density at radius 3 is 2.67 bits per heavy atom. The van der Waals surface area contributed by atoms with Crippen LogP contribution in [0.1, 0.15) is 12.7 Å². The number of carbonyl (C=O) groups is 1. The molecule has 0 saturated heterocycles. The summed E-state index contributed by atoms with van der Waals surface area (Å²) in [7, 11) is -4.23. The lowest BCUT2D eigenvalue weighted by Crippen LogP contribution is -2.35.